The topological polar surface area (TPSA) is 38.1 Å². The van der Waals surface area contributed by atoms with Gasteiger partial charge in [-0.25, -0.2) is 4.68 Å². The van der Waals surface area contributed by atoms with Crippen LogP contribution in [0.5, 0.6) is 0 Å². The first kappa shape index (κ1) is 20.5. The van der Waals surface area contributed by atoms with E-state index in [1.54, 1.807) is 28.9 Å². The molecule has 3 aromatic carbocycles. The number of aliphatic hydroxyl groups is 1. The molecule has 0 spiro atoms. The standard InChI is InChI=1S/C23H19F3N2OS/c1-16-6-5-9-20(12-16)30-15-22(29,23(24,25)26)18-10-11-21-17(13-18)14-27-28(21)19-7-3-2-4-8-19/h2-14,29H,15H2,1H3. The zero-order valence-corrected chi connectivity index (χ0v) is 16.9. The van der Waals surface area contributed by atoms with Gasteiger partial charge in [-0.1, -0.05) is 42.0 Å². The van der Waals surface area contributed by atoms with Crippen LogP contribution >= 0.6 is 11.8 Å². The maximum absolute atomic E-state index is 14.0. The van der Waals surface area contributed by atoms with E-state index in [0.717, 1.165) is 23.0 Å². The minimum Gasteiger partial charge on any atom is -0.376 e. The molecule has 1 aromatic heterocycles. The number of aromatic nitrogens is 2. The number of nitrogens with zero attached hydrogens (tertiary/aromatic N) is 2. The lowest BCUT2D eigenvalue weighted by Crippen LogP contribution is -2.44. The van der Waals surface area contributed by atoms with Crippen LogP contribution in [-0.4, -0.2) is 26.8 Å². The predicted octanol–water partition coefficient (Wildman–Crippen LogP) is 5.88. The van der Waals surface area contributed by atoms with E-state index in [4.69, 9.17) is 0 Å². The highest BCUT2D eigenvalue weighted by Crippen LogP contribution is 2.43. The summed E-state index contributed by atoms with van der Waals surface area (Å²) in [5.74, 6) is -0.543. The Morgan fingerprint density at radius 2 is 1.73 bits per heavy atom. The van der Waals surface area contributed by atoms with Gasteiger partial charge in [-0.05, 0) is 48.9 Å². The number of halogens is 3. The smallest absolute Gasteiger partial charge is 0.376 e. The molecular weight excluding hydrogens is 409 g/mol. The second-order valence-corrected chi connectivity index (χ2v) is 8.18. The molecule has 30 heavy (non-hydrogen) atoms. The lowest BCUT2D eigenvalue weighted by Gasteiger charge is -2.31. The van der Waals surface area contributed by atoms with Gasteiger partial charge >= 0.3 is 6.18 Å². The summed E-state index contributed by atoms with van der Waals surface area (Å²) in [7, 11) is 0. The molecule has 4 rings (SSSR count). The Morgan fingerprint density at radius 1 is 0.967 bits per heavy atom. The summed E-state index contributed by atoms with van der Waals surface area (Å²) in [4.78, 5) is 0.677. The summed E-state index contributed by atoms with van der Waals surface area (Å²) in [5.41, 5.74) is -0.757. The van der Waals surface area contributed by atoms with E-state index >= 15 is 0 Å². The Morgan fingerprint density at radius 3 is 2.43 bits per heavy atom. The summed E-state index contributed by atoms with van der Waals surface area (Å²) in [5, 5.41) is 15.6. The number of alkyl halides is 3. The molecule has 0 saturated heterocycles. The average Bonchev–Trinajstić information content (AvgIpc) is 3.15. The molecule has 4 aromatic rings. The van der Waals surface area contributed by atoms with Gasteiger partial charge in [0.15, 0.2) is 5.60 Å². The number of aryl methyl sites for hydroxylation is 1. The third-order valence-corrected chi connectivity index (χ3v) is 6.10. The molecule has 0 aliphatic heterocycles. The van der Waals surface area contributed by atoms with Crippen LogP contribution in [0, 0.1) is 6.92 Å². The number of thioether (sulfide) groups is 1. The fourth-order valence-electron chi connectivity index (χ4n) is 3.29. The van der Waals surface area contributed by atoms with Gasteiger partial charge in [-0.3, -0.25) is 0 Å². The third kappa shape index (κ3) is 3.82. The van der Waals surface area contributed by atoms with E-state index in [9.17, 15) is 18.3 Å². The van der Waals surface area contributed by atoms with Crippen LogP contribution in [-0.2, 0) is 5.60 Å². The van der Waals surface area contributed by atoms with Crippen molar-refractivity contribution in [1.29, 1.82) is 0 Å². The zero-order chi connectivity index (χ0) is 21.4. The first-order chi connectivity index (χ1) is 14.3. The van der Waals surface area contributed by atoms with Crippen molar-refractivity contribution in [3.05, 3.63) is 90.1 Å². The van der Waals surface area contributed by atoms with Crippen molar-refractivity contribution in [2.75, 3.05) is 5.75 Å². The predicted molar refractivity (Wildman–Crippen MR) is 113 cm³/mol. The lowest BCUT2D eigenvalue weighted by atomic mass is 9.94. The van der Waals surface area contributed by atoms with Crippen molar-refractivity contribution in [1.82, 2.24) is 9.78 Å². The Hall–Kier alpha value is -2.77. The Balaban J connectivity index is 1.70. The van der Waals surface area contributed by atoms with Gasteiger partial charge < -0.3 is 5.11 Å². The number of benzene rings is 3. The summed E-state index contributed by atoms with van der Waals surface area (Å²) in [6.45, 7) is 1.87. The fraction of sp³-hybridized carbons (Fsp3) is 0.174. The van der Waals surface area contributed by atoms with Gasteiger partial charge in [-0.2, -0.15) is 18.3 Å². The largest absolute Gasteiger partial charge is 0.422 e. The number of rotatable bonds is 5. The molecule has 0 radical (unpaired) electrons. The molecule has 1 unspecified atom stereocenters. The van der Waals surface area contributed by atoms with E-state index < -0.39 is 17.5 Å². The van der Waals surface area contributed by atoms with Crippen molar-refractivity contribution in [2.24, 2.45) is 0 Å². The van der Waals surface area contributed by atoms with Gasteiger partial charge in [0.2, 0.25) is 0 Å². The summed E-state index contributed by atoms with van der Waals surface area (Å²) in [6, 6.07) is 20.8. The summed E-state index contributed by atoms with van der Waals surface area (Å²) in [6.07, 6.45) is -3.32. The molecule has 1 heterocycles. The van der Waals surface area contributed by atoms with Gasteiger partial charge in [-0.15, -0.1) is 11.8 Å². The number of fused-ring (bicyclic) bond motifs is 1. The first-order valence-electron chi connectivity index (χ1n) is 9.30. The van der Waals surface area contributed by atoms with Crippen LogP contribution in [0.1, 0.15) is 11.1 Å². The highest BCUT2D eigenvalue weighted by molar-refractivity contribution is 7.99. The molecule has 0 bridgehead atoms. The normalized spacial score (nSPS) is 14.0. The molecule has 1 atom stereocenters. The number of para-hydroxylation sites is 1. The van der Waals surface area contributed by atoms with Crippen molar-refractivity contribution in [3.63, 3.8) is 0 Å². The highest BCUT2D eigenvalue weighted by Gasteiger charge is 2.55. The van der Waals surface area contributed by atoms with Crippen molar-refractivity contribution >= 4 is 22.7 Å². The Labute approximate surface area is 176 Å². The molecule has 0 saturated carbocycles. The molecule has 0 aliphatic rings. The maximum atomic E-state index is 14.0. The van der Waals surface area contributed by atoms with Crippen molar-refractivity contribution < 1.29 is 18.3 Å². The minimum atomic E-state index is -4.83. The van der Waals surface area contributed by atoms with Crippen LogP contribution in [0.2, 0.25) is 0 Å². The SMILES string of the molecule is Cc1cccc(SCC(O)(c2ccc3c(cnn3-c3ccccc3)c2)C(F)(F)F)c1. The average molecular weight is 428 g/mol. The quantitative estimate of drug-likeness (QED) is 0.404. The van der Waals surface area contributed by atoms with Crippen LogP contribution in [0.3, 0.4) is 0 Å². The molecular formula is C23H19F3N2OS. The number of hydrogen-bond donors (Lipinski definition) is 1. The van der Waals surface area contributed by atoms with Gasteiger partial charge in [0, 0.05) is 16.0 Å². The van der Waals surface area contributed by atoms with Crippen molar-refractivity contribution in [2.45, 2.75) is 23.6 Å². The molecule has 7 heteroatoms. The summed E-state index contributed by atoms with van der Waals surface area (Å²) < 4.78 is 43.5. The second-order valence-electron chi connectivity index (χ2n) is 7.13. The van der Waals surface area contributed by atoms with Crippen LogP contribution < -0.4 is 0 Å². The van der Waals surface area contributed by atoms with E-state index in [-0.39, 0.29) is 5.56 Å². The van der Waals surface area contributed by atoms with Crippen LogP contribution in [0.25, 0.3) is 16.6 Å². The molecule has 0 amide bonds. The monoisotopic (exact) mass is 428 g/mol. The van der Waals surface area contributed by atoms with Crippen molar-refractivity contribution in [3.8, 4) is 5.69 Å². The molecule has 0 aliphatic carbocycles. The summed E-state index contributed by atoms with van der Waals surface area (Å²) >= 11 is 0.980. The van der Waals surface area contributed by atoms with E-state index in [0.29, 0.717) is 15.8 Å². The molecule has 154 valence electrons. The van der Waals surface area contributed by atoms with E-state index in [2.05, 4.69) is 5.10 Å². The molecule has 0 fully saturated rings. The first-order valence-corrected chi connectivity index (χ1v) is 10.3. The van der Waals surface area contributed by atoms with Gasteiger partial charge in [0.1, 0.15) is 0 Å². The van der Waals surface area contributed by atoms with E-state index in [1.807, 2.05) is 43.3 Å². The molecule has 3 nitrogen and oxygen atoms in total. The Bertz CT molecular complexity index is 1170. The fourth-order valence-corrected chi connectivity index (χ4v) is 4.44. The van der Waals surface area contributed by atoms with Gasteiger partial charge in [0.05, 0.1) is 17.4 Å². The third-order valence-electron chi connectivity index (χ3n) is 4.95. The zero-order valence-electron chi connectivity index (χ0n) is 16.1. The van der Waals surface area contributed by atoms with E-state index in [1.165, 1.54) is 18.3 Å². The Kier molecular flexibility index (Phi) is 5.34. The van der Waals surface area contributed by atoms with Crippen LogP contribution in [0.4, 0.5) is 13.2 Å². The number of hydrogen-bond acceptors (Lipinski definition) is 3. The second kappa shape index (κ2) is 7.81. The minimum absolute atomic E-state index is 0.199. The maximum Gasteiger partial charge on any atom is 0.422 e. The molecule has 1 N–H and O–H groups in total. The van der Waals surface area contributed by atoms with Gasteiger partial charge in [0.25, 0.3) is 0 Å². The van der Waals surface area contributed by atoms with Crippen LogP contribution in [0.15, 0.2) is 83.9 Å². The highest BCUT2D eigenvalue weighted by atomic mass is 32.2. The lowest BCUT2D eigenvalue weighted by molar-refractivity contribution is -0.256.